The van der Waals surface area contributed by atoms with Gasteiger partial charge in [0.2, 0.25) is 0 Å². The van der Waals surface area contributed by atoms with Crippen LogP contribution >= 0.6 is 17.0 Å². The Bertz CT molecular complexity index is 857. The SMILES string of the molecule is CC(C)(C)c1cccc(C=NCCCCN=Cc2cccc(C(C)(C)C)c2O)c1O.[Cl][Zr][Cl]. The summed E-state index contributed by atoms with van der Waals surface area (Å²) in [4.78, 5) is 8.91. The van der Waals surface area contributed by atoms with Crippen molar-refractivity contribution in [2.24, 2.45) is 9.98 Å². The van der Waals surface area contributed by atoms with E-state index in [2.05, 4.69) is 51.5 Å². The Hall–Kier alpha value is -1.16. The summed E-state index contributed by atoms with van der Waals surface area (Å²) in [7, 11) is 9.87. The monoisotopic (exact) mass is 568 g/mol. The maximum atomic E-state index is 10.5. The van der Waals surface area contributed by atoms with Crippen molar-refractivity contribution in [1.82, 2.24) is 0 Å². The van der Waals surface area contributed by atoms with E-state index in [1.165, 1.54) is 0 Å². The number of hydrogen-bond donors (Lipinski definition) is 2. The molecule has 0 atom stereocenters. The first-order valence-corrected chi connectivity index (χ1v) is 17.4. The standard InChI is InChI=1S/C26H36N2O2.2ClH.Zr/c1-25(2,3)21-13-9-11-19(23(21)29)17-27-15-7-8-16-28-18-20-12-10-14-22(24(20)30)26(4,5)6;;;/h9-14,17-18,29-30H,7-8,15-16H2,1-6H3;2*1H;/q;;;+2/p-2. The molecule has 2 rings (SSSR count). The fourth-order valence-corrected chi connectivity index (χ4v) is 3.27. The van der Waals surface area contributed by atoms with Gasteiger partial charge in [0.15, 0.2) is 0 Å². The van der Waals surface area contributed by atoms with E-state index in [0.29, 0.717) is 24.6 Å². The molecule has 0 aliphatic carbocycles. The van der Waals surface area contributed by atoms with E-state index in [4.69, 9.17) is 17.0 Å². The van der Waals surface area contributed by atoms with Gasteiger partial charge < -0.3 is 10.2 Å². The van der Waals surface area contributed by atoms with Crippen LogP contribution in [0.25, 0.3) is 0 Å². The zero-order valence-electron chi connectivity index (χ0n) is 20.5. The van der Waals surface area contributed by atoms with Crippen molar-refractivity contribution in [1.29, 1.82) is 0 Å². The van der Waals surface area contributed by atoms with Crippen molar-refractivity contribution >= 4 is 29.5 Å². The molecule has 0 fully saturated rings. The van der Waals surface area contributed by atoms with E-state index in [1.54, 1.807) is 12.4 Å². The van der Waals surface area contributed by atoms with Crippen LogP contribution in [-0.4, -0.2) is 35.7 Å². The van der Waals surface area contributed by atoms with Gasteiger partial charge in [0.1, 0.15) is 11.5 Å². The summed E-state index contributed by atoms with van der Waals surface area (Å²) in [5.74, 6) is 0.631. The summed E-state index contributed by atoms with van der Waals surface area (Å²) in [6.45, 7) is 13.9. The molecular formula is C26H36Cl2N2O2Zr. The predicted molar refractivity (Wildman–Crippen MR) is 139 cm³/mol. The van der Waals surface area contributed by atoms with Crippen LogP contribution in [0, 0.1) is 0 Å². The topological polar surface area (TPSA) is 65.2 Å². The van der Waals surface area contributed by atoms with Crippen LogP contribution in [0.5, 0.6) is 11.5 Å². The molecule has 0 saturated carbocycles. The molecule has 0 spiro atoms. The second-order valence-electron chi connectivity index (χ2n) is 9.84. The van der Waals surface area contributed by atoms with Gasteiger partial charge >= 0.3 is 37.9 Å². The Morgan fingerprint density at radius 3 is 1.36 bits per heavy atom. The van der Waals surface area contributed by atoms with Crippen LogP contribution in [0.4, 0.5) is 0 Å². The van der Waals surface area contributed by atoms with Gasteiger partial charge in [-0.2, -0.15) is 0 Å². The number of rotatable bonds is 7. The quantitative estimate of drug-likeness (QED) is 0.269. The molecule has 0 aliphatic rings. The van der Waals surface area contributed by atoms with E-state index in [-0.39, 0.29) is 10.8 Å². The molecule has 0 unspecified atom stereocenters. The number of aliphatic imine (C=N–C) groups is 2. The van der Waals surface area contributed by atoms with Crippen molar-refractivity contribution in [2.45, 2.75) is 65.2 Å². The molecule has 33 heavy (non-hydrogen) atoms. The molecule has 7 heteroatoms. The van der Waals surface area contributed by atoms with Crippen molar-refractivity contribution in [3.8, 4) is 11.5 Å². The third-order valence-electron chi connectivity index (χ3n) is 5.04. The first-order valence-electron chi connectivity index (χ1n) is 11.0. The van der Waals surface area contributed by atoms with Crippen LogP contribution in [0.15, 0.2) is 46.4 Å². The van der Waals surface area contributed by atoms with Crippen LogP contribution in [0.2, 0.25) is 0 Å². The maximum absolute atomic E-state index is 10.5. The summed E-state index contributed by atoms with van der Waals surface area (Å²) >= 11 is -0.826. The summed E-state index contributed by atoms with van der Waals surface area (Å²) < 4.78 is 0. The minimum atomic E-state index is -0.826. The molecule has 0 radical (unpaired) electrons. The van der Waals surface area contributed by atoms with Crippen molar-refractivity contribution in [3.05, 3.63) is 58.7 Å². The Balaban J connectivity index is 0.00000172. The van der Waals surface area contributed by atoms with E-state index in [9.17, 15) is 10.2 Å². The van der Waals surface area contributed by atoms with Crippen molar-refractivity contribution < 1.29 is 31.1 Å². The number of benzene rings is 2. The first kappa shape index (κ1) is 29.9. The van der Waals surface area contributed by atoms with Gasteiger partial charge in [-0.3, -0.25) is 9.98 Å². The minimum absolute atomic E-state index is 0.104. The summed E-state index contributed by atoms with van der Waals surface area (Å²) in [6.07, 6.45) is 5.34. The van der Waals surface area contributed by atoms with Gasteiger partial charge in [-0.15, -0.1) is 0 Å². The molecular weight excluding hydrogens is 534 g/mol. The zero-order valence-corrected chi connectivity index (χ0v) is 24.5. The Labute approximate surface area is 217 Å². The fraction of sp³-hybridized carbons (Fsp3) is 0.462. The Kier molecular flexibility index (Phi) is 12.9. The molecule has 4 nitrogen and oxygen atoms in total. The first-order chi connectivity index (χ1) is 15.4. The number of para-hydroxylation sites is 2. The number of phenols is 2. The fourth-order valence-electron chi connectivity index (χ4n) is 3.27. The van der Waals surface area contributed by atoms with Crippen molar-refractivity contribution in [2.75, 3.05) is 13.1 Å². The average Bonchev–Trinajstić information content (AvgIpc) is 2.71. The van der Waals surface area contributed by atoms with E-state index < -0.39 is 20.8 Å². The van der Waals surface area contributed by atoms with Crippen molar-refractivity contribution in [3.63, 3.8) is 0 Å². The summed E-state index contributed by atoms with van der Waals surface area (Å²) in [6, 6.07) is 11.6. The molecule has 0 amide bonds. The van der Waals surface area contributed by atoms with Gasteiger partial charge in [0.05, 0.1) is 0 Å². The molecule has 0 aromatic heterocycles. The van der Waals surface area contributed by atoms with E-state index in [1.807, 2.05) is 36.4 Å². The van der Waals surface area contributed by atoms with Gasteiger partial charge in [0.25, 0.3) is 0 Å². The van der Waals surface area contributed by atoms with Gasteiger partial charge in [-0.25, -0.2) is 0 Å². The Morgan fingerprint density at radius 2 is 1.06 bits per heavy atom. The molecule has 2 N–H and O–H groups in total. The second kappa shape index (κ2) is 14.3. The molecule has 2 aromatic carbocycles. The van der Waals surface area contributed by atoms with E-state index in [0.717, 1.165) is 35.1 Å². The molecule has 0 aliphatic heterocycles. The number of halogens is 2. The third-order valence-corrected chi connectivity index (χ3v) is 5.04. The second-order valence-corrected chi connectivity index (χ2v) is 13.6. The number of aromatic hydroxyl groups is 2. The van der Waals surface area contributed by atoms with Gasteiger partial charge in [-0.1, -0.05) is 65.8 Å². The average molecular weight is 571 g/mol. The van der Waals surface area contributed by atoms with E-state index >= 15 is 0 Å². The zero-order chi connectivity index (χ0) is 25.1. The number of hydrogen-bond acceptors (Lipinski definition) is 4. The normalized spacial score (nSPS) is 12.1. The summed E-state index contributed by atoms with van der Waals surface area (Å²) in [5, 5.41) is 20.9. The van der Waals surface area contributed by atoms with Crippen LogP contribution in [0.3, 0.4) is 0 Å². The Morgan fingerprint density at radius 1 is 0.727 bits per heavy atom. The van der Waals surface area contributed by atoms with Crippen LogP contribution in [-0.2, 0) is 31.7 Å². The molecule has 0 heterocycles. The molecule has 0 saturated heterocycles. The molecule has 2 aromatic rings. The summed E-state index contributed by atoms with van der Waals surface area (Å²) in [5.41, 5.74) is 3.17. The van der Waals surface area contributed by atoms with Gasteiger partial charge in [-0.05, 0) is 46.9 Å². The van der Waals surface area contributed by atoms with Crippen LogP contribution in [0.1, 0.15) is 76.6 Å². The molecule has 0 bridgehead atoms. The van der Waals surface area contributed by atoms with Gasteiger partial charge in [0, 0.05) is 36.6 Å². The number of phenolic OH excluding ortho intramolecular Hbond substituents is 2. The molecule has 180 valence electrons. The van der Waals surface area contributed by atoms with Crippen LogP contribution < -0.4 is 0 Å². The number of nitrogens with zero attached hydrogens (tertiary/aromatic N) is 2. The predicted octanol–water partition coefficient (Wildman–Crippen LogP) is 7.39. The third kappa shape index (κ3) is 10.3. The number of unbranched alkanes of at least 4 members (excludes halogenated alkanes) is 1.